The lowest BCUT2D eigenvalue weighted by molar-refractivity contribution is -0.125. The average Bonchev–Trinajstić information content (AvgIpc) is 2.87. The third-order valence-corrected chi connectivity index (χ3v) is 6.41. The fourth-order valence-corrected chi connectivity index (χ4v) is 3.54. The number of nitrogens with one attached hydrogen (secondary N) is 3. The van der Waals surface area contributed by atoms with Gasteiger partial charge in [0.05, 0.1) is 18.8 Å². The summed E-state index contributed by atoms with van der Waals surface area (Å²) in [7, 11) is 1.82. The summed E-state index contributed by atoms with van der Waals surface area (Å²) in [5.74, 6) is -0.133. The summed E-state index contributed by atoms with van der Waals surface area (Å²) >= 11 is 1.43. The van der Waals surface area contributed by atoms with E-state index in [-0.39, 0.29) is 42.9 Å². The van der Waals surface area contributed by atoms with Crippen LogP contribution >= 0.6 is 11.9 Å². The van der Waals surface area contributed by atoms with Crippen molar-refractivity contribution in [1.82, 2.24) is 16.0 Å². The Morgan fingerprint density at radius 3 is 1.90 bits per heavy atom. The summed E-state index contributed by atoms with van der Waals surface area (Å²) in [6.45, 7) is 16.4. The van der Waals surface area contributed by atoms with Gasteiger partial charge in [-0.1, -0.05) is 67.3 Å². The zero-order valence-electron chi connectivity index (χ0n) is 25.5. The van der Waals surface area contributed by atoms with Crippen LogP contribution in [0.1, 0.15) is 82.5 Å². The zero-order valence-corrected chi connectivity index (χ0v) is 26.3. The van der Waals surface area contributed by atoms with Crippen LogP contribution in [0.25, 0.3) is 0 Å². The number of hydrogen-bond acceptors (Lipinski definition) is 7. The number of benzene rings is 1. The van der Waals surface area contributed by atoms with E-state index >= 15 is 0 Å². The summed E-state index contributed by atoms with van der Waals surface area (Å²) in [6.07, 6.45) is 1.20. The maximum atomic E-state index is 12.9. The highest BCUT2D eigenvalue weighted by Crippen LogP contribution is 2.23. The van der Waals surface area contributed by atoms with E-state index in [2.05, 4.69) is 36.7 Å². The molecular weight excluding hydrogens is 516 g/mol. The van der Waals surface area contributed by atoms with Gasteiger partial charge in [0.15, 0.2) is 0 Å². The topological polar surface area (TPSA) is 131 Å². The van der Waals surface area contributed by atoms with Crippen molar-refractivity contribution in [2.45, 2.75) is 74.0 Å². The van der Waals surface area contributed by atoms with Gasteiger partial charge in [0.1, 0.15) is 0 Å². The molecule has 0 bridgehead atoms. The molecule has 3 unspecified atom stereocenters. The number of nitrogens with zero attached hydrogens (tertiary/aromatic N) is 1. The first-order valence-electron chi connectivity index (χ1n) is 13.7. The molecule has 0 fully saturated rings. The van der Waals surface area contributed by atoms with Crippen molar-refractivity contribution in [3.63, 3.8) is 0 Å². The van der Waals surface area contributed by atoms with Crippen molar-refractivity contribution in [2.24, 2.45) is 23.7 Å². The van der Waals surface area contributed by atoms with E-state index in [0.717, 1.165) is 5.92 Å². The first-order chi connectivity index (χ1) is 18.1. The monoisotopic (exact) mass is 568 g/mol. The van der Waals surface area contributed by atoms with Gasteiger partial charge in [-0.25, -0.2) is 0 Å². The maximum absolute atomic E-state index is 12.9. The number of aliphatic hydroxyl groups excluding tert-OH is 2. The van der Waals surface area contributed by atoms with Crippen molar-refractivity contribution in [3.05, 3.63) is 29.3 Å². The molecule has 39 heavy (non-hydrogen) atoms. The van der Waals surface area contributed by atoms with Crippen LogP contribution < -0.4 is 20.3 Å². The molecule has 1 rings (SSSR count). The highest BCUT2D eigenvalue weighted by molar-refractivity contribution is 7.99. The minimum atomic E-state index is -0.894. The Bertz CT molecular complexity index is 892. The Morgan fingerprint density at radius 1 is 0.897 bits per heavy atom. The number of carbonyl (C=O) groups is 3. The molecule has 0 spiro atoms. The summed E-state index contributed by atoms with van der Waals surface area (Å²) in [4.78, 5) is 37.9. The van der Waals surface area contributed by atoms with E-state index in [9.17, 15) is 24.6 Å². The molecule has 3 atom stereocenters. The Morgan fingerprint density at radius 2 is 1.44 bits per heavy atom. The van der Waals surface area contributed by atoms with Crippen LogP contribution in [0.3, 0.4) is 0 Å². The molecule has 0 heterocycles. The summed E-state index contributed by atoms with van der Waals surface area (Å²) in [5.41, 5.74) is 1.23. The number of anilines is 1. The summed E-state index contributed by atoms with van der Waals surface area (Å²) in [5, 5.41) is 28.2. The summed E-state index contributed by atoms with van der Waals surface area (Å²) < 4.78 is 1.83. The van der Waals surface area contributed by atoms with Crippen LogP contribution in [0, 0.1) is 23.7 Å². The van der Waals surface area contributed by atoms with Gasteiger partial charge in [-0.2, -0.15) is 0 Å². The second kappa shape index (κ2) is 18.9. The van der Waals surface area contributed by atoms with E-state index in [1.165, 1.54) is 18.0 Å². The number of hydrogen-bond donors (Lipinski definition) is 5. The van der Waals surface area contributed by atoms with Crippen LogP contribution in [0.5, 0.6) is 0 Å². The Labute approximate surface area is 240 Å². The van der Waals surface area contributed by atoms with Crippen molar-refractivity contribution in [1.29, 1.82) is 0 Å². The van der Waals surface area contributed by atoms with E-state index < -0.39 is 24.0 Å². The van der Waals surface area contributed by atoms with Gasteiger partial charge in [-0.15, -0.1) is 0 Å². The number of rotatable bonds is 14. The van der Waals surface area contributed by atoms with Gasteiger partial charge in [0, 0.05) is 49.1 Å². The molecule has 1 aromatic rings. The van der Waals surface area contributed by atoms with Crippen molar-refractivity contribution in [3.8, 4) is 0 Å². The van der Waals surface area contributed by atoms with Gasteiger partial charge >= 0.3 is 0 Å². The average molecular weight is 569 g/mol. The predicted molar refractivity (Wildman–Crippen MR) is 162 cm³/mol. The molecule has 9 nitrogen and oxygen atoms in total. The Hall–Kier alpha value is -2.30. The van der Waals surface area contributed by atoms with E-state index in [1.54, 1.807) is 19.1 Å². The molecule has 0 saturated carbocycles. The van der Waals surface area contributed by atoms with Crippen molar-refractivity contribution < 1.29 is 24.6 Å². The van der Waals surface area contributed by atoms with Crippen LogP contribution in [0.15, 0.2) is 18.2 Å². The second-order valence-corrected chi connectivity index (χ2v) is 12.2. The first-order valence-corrected chi connectivity index (χ1v) is 14.9. The third-order valence-electron chi connectivity index (χ3n) is 5.65. The number of carbonyl (C=O) groups excluding carboxylic acids is 3. The molecule has 224 valence electrons. The van der Waals surface area contributed by atoms with Crippen LogP contribution in [0.2, 0.25) is 0 Å². The number of amides is 3. The molecule has 0 aliphatic carbocycles. The molecule has 0 aliphatic heterocycles. The molecule has 0 saturated heterocycles. The summed E-state index contributed by atoms with van der Waals surface area (Å²) in [6, 6.07) is 4.44. The molecule has 10 heteroatoms. The van der Waals surface area contributed by atoms with Gasteiger partial charge < -0.3 is 30.5 Å². The largest absolute Gasteiger partial charge is 0.394 e. The fraction of sp³-hybridized carbons (Fsp3) is 0.690. The second-order valence-electron chi connectivity index (χ2n) is 11.3. The molecule has 1 aromatic carbocycles. The molecular formula is C29H52N4O5S. The molecule has 0 radical (unpaired) electrons. The smallest absolute Gasteiger partial charge is 0.251 e. The molecule has 5 N–H and O–H groups in total. The van der Waals surface area contributed by atoms with Crippen LogP contribution in [-0.4, -0.2) is 73.1 Å². The third kappa shape index (κ3) is 15.2. The maximum Gasteiger partial charge on any atom is 0.251 e. The van der Waals surface area contributed by atoms with Gasteiger partial charge in [0.2, 0.25) is 5.91 Å². The van der Waals surface area contributed by atoms with E-state index in [0.29, 0.717) is 23.7 Å². The van der Waals surface area contributed by atoms with E-state index in [1.807, 2.05) is 45.3 Å². The van der Waals surface area contributed by atoms with Crippen LogP contribution in [0.4, 0.5) is 5.69 Å². The minimum absolute atomic E-state index is 0.0231. The van der Waals surface area contributed by atoms with Gasteiger partial charge in [0.25, 0.3) is 11.8 Å². The highest BCUT2D eigenvalue weighted by Gasteiger charge is 2.21. The lowest BCUT2D eigenvalue weighted by Crippen LogP contribution is -2.41. The quantitative estimate of drug-likeness (QED) is 0.216. The van der Waals surface area contributed by atoms with Crippen molar-refractivity contribution >= 4 is 35.4 Å². The van der Waals surface area contributed by atoms with Crippen molar-refractivity contribution in [2.75, 3.05) is 37.3 Å². The Balaban J connectivity index is 0.00000336. The van der Waals surface area contributed by atoms with E-state index in [4.69, 9.17) is 0 Å². The first kappa shape index (κ1) is 36.7. The zero-order chi connectivity index (χ0) is 30.3. The standard InChI is InChI=1S/C25H42N4O5S.C4H10/c1-15(2)12-26-23(32)17(5)8-21(31)13-27-24(33)18-9-19(11-20(10-18)29(6)35-7)25(34)28-22(14-30)16(3)4;1-4(2)3/h9-11,15-17,21-22,30-31H,8,12-14H2,1-7H3,(H,26,32)(H,27,33)(H,28,34);4H,1-3H3. The fourth-order valence-electron chi connectivity index (χ4n) is 3.23. The lowest BCUT2D eigenvalue weighted by Gasteiger charge is -2.22. The lowest BCUT2D eigenvalue weighted by atomic mass is 10.0. The van der Waals surface area contributed by atoms with Gasteiger partial charge in [-0.3, -0.25) is 14.4 Å². The SMILES string of the molecule is CC(C)C.CSN(C)c1cc(C(=O)NCC(O)CC(C)C(=O)NCC(C)C)cc(C(=O)NC(CO)C(C)C)c1. The minimum Gasteiger partial charge on any atom is -0.394 e. The van der Waals surface area contributed by atoms with Crippen LogP contribution in [-0.2, 0) is 4.79 Å². The molecule has 0 aliphatic rings. The Kier molecular flexibility index (Phi) is 17.8. The number of aliphatic hydroxyl groups is 2. The molecule has 0 aromatic heterocycles. The highest BCUT2D eigenvalue weighted by atomic mass is 32.2. The predicted octanol–water partition coefficient (Wildman–Crippen LogP) is 3.70. The normalized spacial score (nSPS) is 13.3. The van der Waals surface area contributed by atoms with Gasteiger partial charge in [-0.05, 0) is 42.4 Å². The molecule has 3 amide bonds.